The summed E-state index contributed by atoms with van der Waals surface area (Å²) >= 11 is 12.2. The summed E-state index contributed by atoms with van der Waals surface area (Å²) in [6.07, 6.45) is -0.548. The predicted molar refractivity (Wildman–Crippen MR) is 113 cm³/mol. The van der Waals surface area contributed by atoms with Gasteiger partial charge in [0.05, 0.1) is 12.2 Å². The molecule has 0 amide bonds. The van der Waals surface area contributed by atoms with E-state index in [1.807, 2.05) is 4.90 Å². The van der Waals surface area contributed by atoms with Crippen LogP contribution in [0.2, 0.25) is 10.0 Å². The third-order valence-corrected chi connectivity index (χ3v) is 5.89. The van der Waals surface area contributed by atoms with Crippen LogP contribution in [0, 0.1) is 0 Å². The standard InChI is InChI=1S/C21H19Cl2F3N4O/c22-14-7-5-13(6-8-14)15-11-17(21(24,25)26)30-20(27-15)18(23)19(28-30)16(31)12-29-9-3-1-2-4-10-29/h5-8,11H,1-4,9-10,12H2. The summed E-state index contributed by atoms with van der Waals surface area (Å²) in [6.45, 7) is 1.60. The number of hydrogen-bond donors (Lipinski definition) is 0. The average Bonchev–Trinajstić information content (AvgIpc) is 2.88. The van der Waals surface area contributed by atoms with Gasteiger partial charge in [-0.3, -0.25) is 9.69 Å². The van der Waals surface area contributed by atoms with Crippen molar-refractivity contribution < 1.29 is 18.0 Å². The van der Waals surface area contributed by atoms with Gasteiger partial charge < -0.3 is 0 Å². The summed E-state index contributed by atoms with van der Waals surface area (Å²) in [5.74, 6) is -0.418. The van der Waals surface area contributed by atoms with Gasteiger partial charge >= 0.3 is 6.18 Å². The number of nitrogens with zero attached hydrogens (tertiary/aromatic N) is 4. The SMILES string of the molecule is O=C(CN1CCCCCC1)c1nn2c(C(F)(F)F)cc(-c3ccc(Cl)cc3)nc2c1Cl. The smallest absolute Gasteiger partial charge is 0.296 e. The molecule has 5 nitrogen and oxygen atoms in total. The summed E-state index contributed by atoms with van der Waals surface area (Å²) < 4.78 is 42.0. The molecule has 31 heavy (non-hydrogen) atoms. The monoisotopic (exact) mass is 470 g/mol. The van der Waals surface area contributed by atoms with Gasteiger partial charge in [0.1, 0.15) is 5.02 Å². The van der Waals surface area contributed by atoms with E-state index in [4.69, 9.17) is 23.2 Å². The summed E-state index contributed by atoms with van der Waals surface area (Å²) in [6, 6.07) is 7.14. The van der Waals surface area contributed by atoms with Crippen LogP contribution in [-0.2, 0) is 6.18 Å². The number of hydrogen-bond acceptors (Lipinski definition) is 4. The topological polar surface area (TPSA) is 50.5 Å². The number of rotatable bonds is 4. The first kappa shape index (κ1) is 22.0. The molecule has 2 aromatic heterocycles. The molecular formula is C21H19Cl2F3N4O. The van der Waals surface area contributed by atoms with E-state index in [1.54, 1.807) is 24.3 Å². The Balaban J connectivity index is 1.77. The fourth-order valence-corrected chi connectivity index (χ4v) is 4.10. The highest BCUT2D eigenvalue weighted by Crippen LogP contribution is 2.35. The minimum atomic E-state index is -4.72. The number of benzene rings is 1. The van der Waals surface area contributed by atoms with E-state index in [0.717, 1.165) is 44.8 Å². The number of carbonyl (C=O) groups excluding carboxylic acids is 1. The number of aromatic nitrogens is 3. The predicted octanol–water partition coefficient (Wildman–Crippen LogP) is 5.78. The van der Waals surface area contributed by atoms with Gasteiger partial charge in [0.25, 0.3) is 0 Å². The molecule has 0 unspecified atom stereocenters. The third-order valence-electron chi connectivity index (χ3n) is 5.29. The van der Waals surface area contributed by atoms with Gasteiger partial charge in [-0.05, 0) is 44.1 Å². The minimum absolute atomic E-state index is 0.0600. The lowest BCUT2D eigenvalue weighted by Gasteiger charge is -2.17. The Kier molecular flexibility index (Phi) is 6.23. The number of ketones is 1. The molecule has 0 radical (unpaired) electrons. The molecule has 3 heterocycles. The number of alkyl halides is 3. The van der Waals surface area contributed by atoms with Gasteiger partial charge in [-0.25, -0.2) is 9.50 Å². The summed E-state index contributed by atoms with van der Waals surface area (Å²) in [4.78, 5) is 19.1. The lowest BCUT2D eigenvalue weighted by Crippen LogP contribution is -2.31. The summed E-state index contributed by atoms with van der Waals surface area (Å²) in [7, 11) is 0. The third kappa shape index (κ3) is 4.71. The van der Waals surface area contributed by atoms with Gasteiger partial charge in [0.2, 0.25) is 0 Å². The molecule has 1 aromatic carbocycles. The zero-order valence-corrected chi connectivity index (χ0v) is 17.9. The van der Waals surface area contributed by atoms with Crippen molar-refractivity contribution >= 4 is 34.6 Å². The molecule has 1 aliphatic heterocycles. The van der Waals surface area contributed by atoms with Crippen LogP contribution in [0.3, 0.4) is 0 Å². The van der Waals surface area contributed by atoms with Crippen molar-refractivity contribution in [1.29, 1.82) is 0 Å². The Bertz CT molecular complexity index is 1100. The molecule has 10 heteroatoms. The Morgan fingerprint density at radius 2 is 1.68 bits per heavy atom. The van der Waals surface area contributed by atoms with Gasteiger partial charge in [-0.2, -0.15) is 18.3 Å². The van der Waals surface area contributed by atoms with Crippen LogP contribution in [0.5, 0.6) is 0 Å². The second-order valence-electron chi connectivity index (χ2n) is 7.54. The quantitative estimate of drug-likeness (QED) is 0.453. The lowest BCUT2D eigenvalue weighted by atomic mass is 10.1. The van der Waals surface area contributed by atoms with Crippen LogP contribution >= 0.6 is 23.2 Å². The zero-order valence-electron chi connectivity index (χ0n) is 16.4. The van der Waals surface area contributed by atoms with Gasteiger partial charge in [-0.1, -0.05) is 48.2 Å². The molecule has 1 fully saturated rings. The molecule has 0 N–H and O–H groups in total. The molecule has 0 bridgehead atoms. The number of halogens is 5. The number of Topliss-reactive ketones (excluding diaryl/α,β-unsaturated/α-hetero) is 1. The maximum atomic E-state index is 13.8. The van der Waals surface area contributed by atoms with Crippen LogP contribution in [0.1, 0.15) is 41.9 Å². The first-order valence-electron chi connectivity index (χ1n) is 9.92. The molecule has 0 saturated carbocycles. The minimum Gasteiger partial charge on any atom is -0.296 e. The van der Waals surface area contributed by atoms with E-state index in [-0.39, 0.29) is 28.6 Å². The first-order valence-corrected chi connectivity index (χ1v) is 10.7. The second kappa shape index (κ2) is 8.76. The Labute approximate surface area is 186 Å². The highest BCUT2D eigenvalue weighted by Gasteiger charge is 2.36. The zero-order chi connectivity index (χ0) is 22.2. The van der Waals surface area contributed by atoms with Crippen LogP contribution in [-0.4, -0.2) is 44.9 Å². The largest absolute Gasteiger partial charge is 0.433 e. The van der Waals surface area contributed by atoms with Crippen molar-refractivity contribution in [2.45, 2.75) is 31.9 Å². The molecule has 3 aromatic rings. The summed E-state index contributed by atoms with van der Waals surface area (Å²) in [5.41, 5.74) is -0.965. The lowest BCUT2D eigenvalue weighted by molar-refractivity contribution is -0.142. The summed E-state index contributed by atoms with van der Waals surface area (Å²) in [5, 5.41) is 4.19. The Morgan fingerprint density at radius 3 is 2.29 bits per heavy atom. The second-order valence-corrected chi connectivity index (χ2v) is 8.36. The molecule has 1 aliphatic rings. The molecule has 4 rings (SSSR count). The van der Waals surface area contributed by atoms with E-state index in [2.05, 4.69) is 10.1 Å². The van der Waals surface area contributed by atoms with Crippen molar-refractivity contribution in [2.75, 3.05) is 19.6 Å². The van der Waals surface area contributed by atoms with Crippen LogP contribution in [0.4, 0.5) is 13.2 Å². The van der Waals surface area contributed by atoms with Crippen molar-refractivity contribution in [3.63, 3.8) is 0 Å². The van der Waals surface area contributed by atoms with E-state index in [1.165, 1.54) is 0 Å². The highest BCUT2D eigenvalue weighted by molar-refractivity contribution is 6.36. The normalized spacial score (nSPS) is 15.9. The molecule has 0 atom stereocenters. The van der Waals surface area contributed by atoms with Crippen molar-refractivity contribution in [1.82, 2.24) is 19.5 Å². The van der Waals surface area contributed by atoms with Gasteiger partial charge in [-0.15, -0.1) is 0 Å². The molecular weight excluding hydrogens is 452 g/mol. The van der Waals surface area contributed by atoms with Gasteiger partial charge in [0.15, 0.2) is 22.8 Å². The van der Waals surface area contributed by atoms with E-state index < -0.39 is 17.7 Å². The Morgan fingerprint density at radius 1 is 1.03 bits per heavy atom. The fraction of sp³-hybridized carbons (Fsp3) is 0.381. The fourth-order valence-electron chi connectivity index (χ4n) is 3.71. The first-order chi connectivity index (χ1) is 14.7. The van der Waals surface area contributed by atoms with E-state index in [9.17, 15) is 18.0 Å². The van der Waals surface area contributed by atoms with Crippen molar-refractivity contribution in [3.8, 4) is 11.3 Å². The molecule has 0 aliphatic carbocycles. The molecule has 1 saturated heterocycles. The van der Waals surface area contributed by atoms with Crippen LogP contribution in [0.15, 0.2) is 30.3 Å². The van der Waals surface area contributed by atoms with Crippen LogP contribution < -0.4 is 0 Å². The number of carbonyl (C=O) groups is 1. The number of likely N-dealkylation sites (tertiary alicyclic amines) is 1. The maximum absolute atomic E-state index is 13.8. The van der Waals surface area contributed by atoms with Crippen molar-refractivity contribution in [2.24, 2.45) is 0 Å². The van der Waals surface area contributed by atoms with Crippen molar-refractivity contribution in [3.05, 3.63) is 51.8 Å². The molecule has 0 spiro atoms. The molecule has 164 valence electrons. The Hall–Kier alpha value is -2.16. The highest BCUT2D eigenvalue weighted by atomic mass is 35.5. The maximum Gasteiger partial charge on any atom is 0.433 e. The van der Waals surface area contributed by atoms with Gasteiger partial charge in [0, 0.05) is 10.6 Å². The van der Waals surface area contributed by atoms with Crippen LogP contribution in [0.25, 0.3) is 16.9 Å². The van der Waals surface area contributed by atoms with E-state index in [0.29, 0.717) is 15.1 Å². The van der Waals surface area contributed by atoms with E-state index >= 15 is 0 Å². The average molecular weight is 471 g/mol. The number of fused-ring (bicyclic) bond motifs is 1.